The number of benzene rings is 1. The molecule has 17 heavy (non-hydrogen) atoms. The van der Waals surface area contributed by atoms with E-state index in [0.717, 1.165) is 25.6 Å². The third-order valence-electron chi connectivity index (χ3n) is 3.84. The van der Waals surface area contributed by atoms with Gasteiger partial charge in [-0.1, -0.05) is 50.5 Å². The summed E-state index contributed by atoms with van der Waals surface area (Å²) in [5.41, 5.74) is 2.79. The highest BCUT2D eigenvalue weighted by atomic mass is 16.5. The smallest absolute Gasteiger partial charge is 0.0719 e. The molecule has 1 nitrogen and oxygen atoms in total. The molecule has 0 N–H and O–H groups in total. The molecule has 1 fully saturated rings. The van der Waals surface area contributed by atoms with Crippen molar-refractivity contribution in [2.45, 2.75) is 52.1 Å². The van der Waals surface area contributed by atoms with Crippen LogP contribution in [0.4, 0.5) is 0 Å². The van der Waals surface area contributed by atoms with Crippen molar-refractivity contribution >= 4 is 0 Å². The molecule has 1 aliphatic carbocycles. The van der Waals surface area contributed by atoms with Gasteiger partial charge in [0.15, 0.2) is 0 Å². The lowest BCUT2D eigenvalue weighted by Gasteiger charge is -2.21. The summed E-state index contributed by atoms with van der Waals surface area (Å²) in [6.45, 7) is 3.96. The summed E-state index contributed by atoms with van der Waals surface area (Å²) in [5, 5.41) is 0. The molecule has 0 saturated heterocycles. The summed E-state index contributed by atoms with van der Waals surface area (Å²) in [4.78, 5) is 0. The van der Waals surface area contributed by atoms with Crippen LogP contribution in [0.1, 0.15) is 50.2 Å². The number of ether oxygens (including phenoxy) is 1. The Hall–Kier alpha value is -0.820. The maximum atomic E-state index is 5.90. The zero-order chi connectivity index (χ0) is 11.9. The molecule has 1 aromatic carbocycles. The predicted octanol–water partition coefficient (Wildman–Crippen LogP) is 4.35. The van der Waals surface area contributed by atoms with Gasteiger partial charge in [0.1, 0.15) is 0 Å². The molecule has 0 radical (unpaired) electrons. The van der Waals surface area contributed by atoms with Gasteiger partial charge >= 0.3 is 0 Å². The first-order valence-electron chi connectivity index (χ1n) is 7.04. The van der Waals surface area contributed by atoms with E-state index in [2.05, 4.69) is 31.2 Å². The van der Waals surface area contributed by atoms with Gasteiger partial charge in [-0.15, -0.1) is 0 Å². The van der Waals surface area contributed by atoms with E-state index in [1.165, 1.54) is 43.2 Å². The van der Waals surface area contributed by atoms with E-state index >= 15 is 0 Å². The van der Waals surface area contributed by atoms with Gasteiger partial charge in [0.2, 0.25) is 0 Å². The fourth-order valence-electron chi connectivity index (χ4n) is 2.73. The summed E-state index contributed by atoms with van der Waals surface area (Å²) in [7, 11) is 0. The van der Waals surface area contributed by atoms with Gasteiger partial charge in [0, 0.05) is 6.61 Å². The van der Waals surface area contributed by atoms with E-state index in [1.54, 1.807) is 0 Å². The van der Waals surface area contributed by atoms with Gasteiger partial charge in [-0.3, -0.25) is 0 Å². The van der Waals surface area contributed by atoms with Crippen molar-refractivity contribution in [3.8, 4) is 0 Å². The van der Waals surface area contributed by atoms with Crippen LogP contribution in [0.25, 0.3) is 0 Å². The normalized spacial score (nSPS) is 17.2. The number of hydrogen-bond acceptors (Lipinski definition) is 1. The molecule has 1 saturated carbocycles. The van der Waals surface area contributed by atoms with Crippen LogP contribution in [0.15, 0.2) is 24.3 Å². The molecule has 1 heteroatoms. The minimum atomic E-state index is 0.792. The van der Waals surface area contributed by atoms with Gasteiger partial charge in [-0.25, -0.2) is 0 Å². The molecule has 1 aliphatic rings. The highest BCUT2D eigenvalue weighted by Gasteiger charge is 2.13. The Morgan fingerprint density at radius 2 is 1.76 bits per heavy atom. The third-order valence-corrected chi connectivity index (χ3v) is 3.84. The first kappa shape index (κ1) is 12.6. The van der Waals surface area contributed by atoms with Crippen LogP contribution in [0.3, 0.4) is 0 Å². The molecular weight excluding hydrogens is 208 g/mol. The van der Waals surface area contributed by atoms with Crippen LogP contribution in [-0.2, 0) is 17.8 Å². The van der Waals surface area contributed by atoms with E-state index in [0.29, 0.717) is 0 Å². The summed E-state index contributed by atoms with van der Waals surface area (Å²) >= 11 is 0. The Kier molecular flexibility index (Phi) is 5.06. The van der Waals surface area contributed by atoms with Crippen LogP contribution in [0, 0.1) is 5.92 Å². The Morgan fingerprint density at radius 1 is 1.06 bits per heavy atom. The van der Waals surface area contributed by atoms with E-state index < -0.39 is 0 Å². The second kappa shape index (κ2) is 6.80. The van der Waals surface area contributed by atoms with Crippen molar-refractivity contribution in [2.75, 3.05) is 6.61 Å². The first-order chi connectivity index (χ1) is 8.40. The van der Waals surface area contributed by atoms with Gasteiger partial charge < -0.3 is 4.74 Å². The van der Waals surface area contributed by atoms with E-state index in [1.807, 2.05) is 0 Å². The molecular formula is C16H24O. The van der Waals surface area contributed by atoms with Crippen LogP contribution >= 0.6 is 0 Å². The Labute approximate surface area is 105 Å². The van der Waals surface area contributed by atoms with Crippen LogP contribution < -0.4 is 0 Å². The standard InChI is InChI=1S/C16H24O/c1-2-15-10-6-7-11-16(15)13-17-12-14-8-4-3-5-9-14/h6-7,10-11,14H,2-5,8-9,12-13H2,1H3. The van der Waals surface area contributed by atoms with Crippen molar-refractivity contribution in [3.63, 3.8) is 0 Å². The van der Waals surface area contributed by atoms with Crippen LogP contribution in [0.5, 0.6) is 0 Å². The second-order valence-corrected chi connectivity index (χ2v) is 5.14. The van der Waals surface area contributed by atoms with Gasteiger partial charge in [-0.2, -0.15) is 0 Å². The molecule has 0 bridgehead atoms. The Bertz CT molecular complexity index is 326. The molecule has 0 unspecified atom stereocenters. The van der Waals surface area contributed by atoms with Crippen molar-refractivity contribution in [3.05, 3.63) is 35.4 Å². The minimum absolute atomic E-state index is 0.792. The van der Waals surface area contributed by atoms with Gasteiger partial charge in [-0.05, 0) is 36.3 Å². The molecule has 0 atom stereocenters. The highest BCUT2D eigenvalue weighted by Crippen LogP contribution is 2.24. The second-order valence-electron chi connectivity index (χ2n) is 5.14. The summed E-state index contributed by atoms with van der Waals surface area (Å²) in [6.07, 6.45) is 8.07. The third kappa shape index (κ3) is 3.85. The van der Waals surface area contributed by atoms with Crippen molar-refractivity contribution < 1.29 is 4.74 Å². The zero-order valence-electron chi connectivity index (χ0n) is 11.0. The van der Waals surface area contributed by atoms with E-state index in [-0.39, 0.29) is 0 Å². The van der Waals surface area contributed by atoms with Gasteiger partial charge in [0.05, 0.1) is 6.61 Å². The van der Waals surface area contributed by atoms with Crippen molar-refractivity contribution in [1.29, 1.82) is 0 Å². The fraction of sp³-hybridized carbons (Fsp3) is 0.625. The lowest BCUT2D eigenvalue weighted by molar-refractivity contribution is 0.0735. The van der Waals surface area contributed by atoms with Crippen molar-refractivity contribution in [1.82, 2.24) is 0 Å². The summed E-state index contributed by atoms with van der Waals surface area (Å²) in [5.74, 6) is 0.817. The monoisotopic (exact) mass is 232 g/mol. The lowest BCUT2D eigenvalue weighted by Crippen LogP contribution is -2.13. The first-order valence-corrected chi connectivity index (χ1v) is 7.04. The van der Waals surface area contributed by atoms with E-state index in [4.69, 9.17) is 4.74 Å². The van der Waals surface area contributed by atoms with Crippen LogP contribution in [0.2, 0.25) is 0 Å². The maximum Gasteiger partial charge on any atom is 0.0719 e. The van der Waals surface area contributed by atoms with Gasteiger partial charge in [0.25, 0.3) is 0 Å². The molecule has 1 aromatic rings. The lowest BCUT2D eigenvalue weighted by atomic mass is 9.90. The Balaban J connectivity index is 1.77. The summed E-state index contributed by atoms with van der Waals surface area (Å²) < 4.78 is 5.90. The maximum absolute atomic E-state index is 5.90. The molecule has 94 valence electrons. The van der Waals surface area contributed by atoms with Crippen molar-refractivity contribution in [2.24, 2.45) is 5.92 Å². The molecule has 0 heterocycles. The number of aryl methyl sites for hydroxylation is 1. The number of rotatable bonds is 5. The Morgan fingerprint density at radius 3 is 2.47 bits per heavy atom. The largest absolute Gasteiger partial charge is 0.376 e. The highest BCUT2D eigenvalue weighted by molar-refractivity contribution is 5.26. The van der Waals surface area contributed by atoms with Crippen LogP contribution in [-0.4, -0.2) is 6.61 Å². The molecule has 0 aliphatic heterocycles. The quantitative estimate of drug-likeness (QED) is 0.733. The number of hydrogen-bond donors (Lipinski definition) is 0. The summed E-state index contributed by atoms with van der Waals surface area (Å²) in [6, 6.07) is 8.63. The van der Waals surface area contributed by atoms with E-state index in [9.17, 15) is 0 Å². The minimum Gasteiger partial charge on any atom is -0.376 e. The molecule has 0 spiro atoms. The molecule has 0 amide bonds. The average Bonchev–Trinajstić information content (AvgIpc) is 2.40. The SMILES string of the molecule is CCc1ccccc1COCC1CCCCC1. The fourth-order valence-corrected chi connectivity index (χ4v) is 2.73. The predicted molar refractivity (Wildman–Crippen MR) is 72.1 cm³/mol. The molecule has 2 rings (SSSR count). The molecule has 0 aromatic heterocycles. The average molecular weight is 232 g/mol. The zero-order valence-corrected chi connectivity index (χ0v) is 11.0. The topological polar surface area (TPSA) is 9.23 Å².